The van der Waals surface area contributed by atoms with Gasteiger partial charge >= 0.3 is 5.97 Å². The molecule has 0 aromatic heterocycles. The molecule has 162 valence electrons. The van der Waals surface area contributed by atoms with Gasteiger partial charge in [-0.1, -0.05) is 0 Å². The molecule has 29 heavy (non-hydrogen) atoms. The molecule has 0 radical (unpaired) electrons. The van der Waals surface area contributed by atoms with Gasteiger partial charge in [0.1, 0.15) is 19.8 Å². The van der Waals surface area contributed by atoms with Crippen LogP contribution in [0, 0.1) is 0 Å². The third-order valence-corrected chi connectivity index (χ3v) is 6.21. The van der Waals surface area contributed by atoms with Crippen LogP contribution in [0.3, 0.4) is 0 Å². The van der Waals surface area contributed by atoms with E-state index in [4.69, 9.17) is 23.7 Å². The number of nitrogens with zero attached hydrogens (tertiary/aromatic N) is 1. The summed E-state index contributed by atoms with van der Waals surface area (Å²) in [6.07, 6.45) is 0. The van der Waals surface area contributed by atoms with Gasteiger partial charge in [0.05, 0.1) is 43.5 Å². The second-order valence-corrected chi connectivity index (χ2v) is 9.02. The van der Waals surface area contributed by atoms with Gasteiger partial charge < -0.3 is 23.7 Å². The number of carbonyl (C=O) groups is 1. The summed E-state index contributed by atoms with van der Waals surface area (Å²) in [7, 11) is -2.92. The Morgan fingerprint density at radius 3 is 2.24 bits per heavy atom. The zero-order valence-corrected chi connectivity index (χ0v) is 17.2. The Morgan fingerprint density at radius 2 is 1.55 bits per heavy atom. The quantitative estimate of drug-likeness (QED) is 0.629. The molecular weight excluding hydrogens is 402 g/mol. The lowest BCUT2D eigenvalue weighted by Gasteiger charge is -2.26. The average Bonchev–Trinajstić information content (AvgIpc) is 2.69. The summed E-state index contributed by atoms with van der Waals surface area (Å²) >= 11 is 0. The Balaban J connectivity index is 1.52. The maximum absolute atomic E-state index is 12.4. The van der Waals surface area contributed by atoms with Crippen molar-refractivity contribution in [3.05, 3.63) is 23.8 Å². The predicted molar refractivity (Wildman–Crippen MR) is 104 cm³/mol. The van der Waals surface area contributed by atoms with Crippen LogP contribution in [-0.4, -0.2) is 96.7 Å². The maximum Gasteiger partial charge on any atom is 0.338 e. The first kappa shape index (κ1) is 21.8. The van der Waals surface area contributed by atoms with Crippen molar-refractivity contribution in [2.45, 2.75) is 0 Å². The van der Waals surface area contributed by atoms with E-state index in [1.54, 1.807) is 18.2 Å². The molecule has 3 rings (SSSR count). The molecule has 0 saturated carbocycles. The average molecular weight is 429 g/mol. The van der Waals surface area contributed by atoms with Gasteiger partial charge in [-0.05, 0) is 18.2 Å². The van der Waals surface area contributed by atoms with Gasteiger partial charge in [0.15, 0.2) is 21.3 Å². The maximum atomic E-state index is 12.4. The number of rotatable bonds is 4. The Morgan fingerprint density at radius 1 is 0.931 bits per heavy atom. The fraction of sp³-hybridized carbons (Fsp3) is 0.632. The van der Waals surface area contributed by atoms with Gasteiger partial charge in [0.2, 0.25) is 0 Å². The molecular formula is C19H27NO8S. The van der Waals surface area contributed by atoms with E-state index < -0.39 is 15.8 Å². The number of sulfone groups is 1. The zero-order chi connectivity index (χ0) is 20.5. The molecule has 1 aromatic rings. The Bertz CT molecular complexity index is 768. The summed E-state index contributed by atoms with van der Waals surface area (Å²) < 4.78 is 50.4. The molecule has 10 heteroatoms. The second-order valence-electron chi connectivity index (χ2n) is 6.71. The Hall–Kier alpha value is -1.88. The Labute approximate surface area is 170 Å². The van der Waals surface area contributed by atoms with Gasteiger partial charge in [0.25, 0.3) is 0 Å². The minimum Gasteiger partial charge on any atom is -0.487 e. The molecule has 1 fully saturated rings. The summed E-state index contributed by atoms with van der Waals surface area (Å²) in [5.74, 6) is 0.812. The summed E-state index contributed by atoms with van der Waals surface area (Å²) in [6, 6.07) is 4.90. The Kier molecular flexibility index (Phi) is 8.10. The summed E-state index contributed by atoms with van der Waals surface area (Å²) in [6.45, 7) is 4.17. The van der Waals surface area contributed by atoms with Gasteiger partial charge in [-0.3, -0.25) is 4.90 Å². The lowest BCUT2D eigenvalue weighted by atomic mass is 10.2. The molecule has 9 nitrogen and oxygen atoms in total. The highest BCUT2D eigenvalue weighted by Gasteiger charge is 2.21. The molecule has 2 aliphatic rings. The lowest BCUT2D eigenvalue weighted by molar-refractivity contribution is 0.0223. The first-order valence-electron chi connectivity index (χ1n) is 9.68. The third kappa shape index (κ3) is 7.14. The van der Waals surface area contributed by atoms with Crippen LogP contribution in [0.15, 0.2) is 18.2 Å². The van der Waals surface area contributed by atoms with Gasteiger partial charge in [-0.2, -0.15) is 0 Å². The third-order valence-electron chi connectivity index (χ3n) is 4.60. The van der Waals surface area contributed by atoms with E-state index >= 15 is 0 Å². The van der Waals surface area contributed by atoms with Crippen molar-refractivity contribution in [3.8, 4) is 11.5 Å². The molecule has 0 atom stereocenters. The van der Waals surface area contributed by atoms with Crippen LogP contribution in [0.1, 0.15) is 10.4 Å². The van der Waals surface area contributed by atoms with E-state index in [9.17, 15) is 13.2 Å². The fourth-order valence-corrected chi connectivity index (χ4v) is 4.21. The standard InChI is InChI=1S/C19H27NO8S/c21-19(28-6-3-20-4-13-29(22,23)14-5-20)16-1-2-17-18(15-16)27-12-10-25-8-7-24-9-11-26-17/h1-2,15H,3-14H2. The molecule has 0 spiro atoms. The van der Waals surface area contributed by atoms with Crippen molar-refractivity contribution < 1.29 is 36.9 Å². The molecule has 0 amide bonds. The summed E-state index contributed by atoms with van der Waals surface area (Å²) in [4.78, 5) is 14.4. The topological polar surface area (TPSA) is 101 Å². The SMILES string of the molecule is O=C(OCCN1CCS(=O)(=O)CC1)c1ccc2c(c1)OCCOCCOCCO2. The van der Waals surface area contributed by atoms with Crippen LogP contribution >= 0.6 is 0 Å². The summed E-state index contributed by atoms with van der Waals surface area (Å²) in [5, 5.41) is 0. The largest absolute Gasteiger partial charge is 0.487 e. The molecule has 1 saturated heterocycles. The molecule has 1 aromatic carbocycles. The molecule has 2 heterocycles. The highest BCUT2D eigenvalue weighted by molar-refractivity contribution is 7.91. The van der Waals surface area contributed by atoms with Crippen molar-refractivity contribution >= 4 is 15.8 Å². The smallest absolute Gasteiger partial charge is 0.338 e. The van der Waals surface area contributed by atoms with Crippen LogP contribution in [0.25, 0.3) is 0 Å². The van der Waals surface area contributed by atoms with E-state index in [-0.39, 0.29) is 18.1 Å². The van der Waals surface area contributed by atoms with Crippen molar-refractivity contribution in [3.63, 3.8) is 0 Å². The minimum absolute atomic E-state index is 0.151. The molecule has 2 aliphatic heterocycles. The van der Waals surface area contributed by atoms with Crippen molar-refractivity contribution in [2.24, 2.45) is 0 Å². The van der Waals surface area contributed by atoms with E-state index in [0.29, 0.717) is 76.3 Å². The first-order valence-corrected chi connectivity index (χ1v) is 11.5. The van der Waals surface area contributed by atoms with E-state index in [0.717, 1.165) is 0 Å². The zero-order valence-electron chi connectivity index (χ0n) is 16.3. The lowest BCUT2D eigenvalue weighted by Crippen LogP contribution is -2.41. The molecule has 0 bridgehead atoms. The summed E-state index contributed by atoms with van der Waals surface area (Å²) in [5.41, 5.74) is 0.359. The fourth-order valence-electron chi connectivity index (χ4n) is 2.93. The second kappa shape index (κ2) is 10.8. The normalized spacial score (nSPS) is 20.8. The molecule has 0 N–H and O–H groups in total. The van der Waals surface area contributed by atoms with Gasteiger partial charge in [0, 0.05) is 19.6 Å². The van der Waals surface area contributed by atoms with Crippen molar-refractivity contribution in [1.82, 2.24) is 4.90 Å². The van der Waals surface area contributed by atoms with Crippen LogP contribution in [0.4, 0.5) is 0 Å². The van der Waals surface area contributed by atoms with E-state index in [2.05, 4.69) is 0 Å². The van der Waals surface area contributed by atoms with Crippen molar-refractivity contribution in [1.29, 1.82) is 0 Å². The van der Waals surface area contributed by atoms with Crippen LogP contribution in [-0.2, 0) is 24.0 Å². The number of esters is 1. The van der Waals surface area contributed by atoms with Crippen LogP contribution in [0.5, 0.6) is 11.5 Å². The number of ether oxygens (including phenoxy) is 5. The number of hydrogen-bond donors (Lipinski definition) is 0. The van der Waals surface area contributed by atoms with Crippen LogP contribution < -0.4 is 9.47 Å². The molecule has 0 unspecified atom stereocenters. The highest BCUT2D eigenvalue weighted by Crippen LogP contribution is 2.29. The number of benzene rings is 1. The van der Waals surface area contributed by atoms with Gasteiger partial charge in [-0.25, -0.2) is 13.2 Å². The number of fused-ring (bicyclic) bond motifs is 1. The highest BCUT2D eigenvalue weighted by atomic mass is 32.2. The monoisotopic (exact) mass is 429 g/mol. The van der Waals surface area contributed by atoms with E-state index in [1.807, 2.05) is 4.90 Å². The minimum atomic E-state index is -2.92. The van der Waals surface area contributed by atoms with Crippen molar-refractivity contribution in [2.75, 3.05) is 77.4 Å². The van der Waals surface area contributed by atoms with Gasteiger partial charge in [-0.15, -0.1) is 0 Å². The number of hydrogen-bond acceptors (Lipinski definition) is 9. The predicted octanol–water partition coefficient (Wildman–Crippen LogP) is 0.378. The number of carbonyl (C=O) groups excluding carboxylic acids is 1. The van der Waals surface area contributed by atoms with E-state index in [1.165, 1.54) is 0 Å². The molecule has 0 aliphatic carbocycles. The first-order chi connectivity index (χ1) is 14.0. The van der Waals surface area contributed by atoms with Crippen LogP contribution in [0.2, 0.25) is 0 Å².